The van der Waals surface area contributed by atoms with Gasteiger partial charge in [-0.25, -0.2) is 9.97 Å². The van der Waals surface area contributed by atoms with Crippen LogP contribution in [0.5, 0.6) is 0 Å². The third-order valence-corrected chi connectivity index (χ3v) is 9.00. The predicted octanol–water partition coefficient (Wildman–Crippen LogP) is 3.78. The summed E-state index contributed by atoms with van der Waals surface area (Å²) >= 11 is 0. The summed E-state index contributed by atoms with van der Waals surface area (Å²) in [6.45, 7) is 6.99. The quantitative estimate of drug-likeness (QED) is 0.228. The van der Waals surface area contributed by atoms with Crippen molar-refractivity contribution < 1.29 is 9.63 Å². The van der Waals surface area contributed by atoms with E-state index in [-0.39, 0.29) is 29.6 Å². The van der Waals surface area contributed by atoms with Gasteiger partial charge >= 0.3 is 0 Å². The highest BCUT2D eigenvalue weighted by molar-refractivity contribution is 5.77. The van der Waals surface area contributed by atoms with Gasteiger partial charge in [0, 0.05) is 24.7 Å². The summed E-state index contributed by atoms with van der Waals surface area (Å²) in [6, 6.07) is 12.8. The number of nitrogens with one attached hydrogen (secondary N) is 2. The van der Waals surface area contributed by atoms with Crippen molar-refractivity contribution in [2.75, 3.05) is 36.9 Å². The Balaban J connectivity index is 1.25. The van der Waals surface area contributed by atoms with E-state index in [1.807, 2.05) is 48.9 Å². The number of piperidine rings is 3. The monoisotopic (exact) mass is 596 g/mol. The molecule has 2 bridgehead atoms. The number of benzene rings is 1. The fraction of sp³-hybridized carbons (Fsp3) is 0.419. The topological polar surface area (TPSA) is 152 Å². The number of anilines is 3. The van der Waals surface area contributed by atoms with E-state index in [4.69, 9.17) is 19.5 Å². The average molecular weight is 597 g/mol. The van der Waals surface area contributed by atoms with E-state index in [9.17, 15) is 9.90 Å². The van der Waals surface area contributed by atoms with E-state index in [1.165, 1.54) is 0 Å². The molecule has 5 aromatic rings. The lowest BCUT2D eigenvalue weighted by Crippen LogP contribution is -2.51. The largest absolute Gasteiger partial charge is 0.394 e. The average Bonchev–Trinajstić information content (AvgIpc) is 3.65. The van der Waals surface area contributed by atoms with Crippen LogP contribution in [0, 0.1) is 0 Å². The Hall–Kier alpha value is -4.62. The minimum absolute atomic E-state index is 0.0349. The summed E-state index contributed by atoms with van der Waals surface area (Å²) in [5, 5.41) is 21.9. The van der Waals surface area contributed by atoms with Crippen LogP contribution in [0.3, 0.4) is 0 Å². The number of pyridine rings is 1. The molecule has 4 aromatic heterocycles. The molecule has 0 amide bonds. The molecule has 13 nitrogen and oxygen atoms in total. The maximum Gasteiger partial charge on any atom is 0.275 e. The lowest BCUT2D eigenvalue weighted by Gasteiger charge is -2.46. The van der Waals surface area contributed by atoms with Gasteiger partial charge in [0.05, 0.1) is 18.0 Å². The predicted molar refractivity (Wildman–Crippen MR) is 166 cm³/mol. The van der Waals surface area contributed by atoms with Crippen LogP contribution in [-0.4, -0.2) is 70.7 Å². The van der Waals surface area contributed by atoms with Crippen LogP contribution in [-0.2, 0) is 12.5 Å². The van der Waals surface area contributed by atoms with Gasteiger partial charge in [-0.3, -0.25) is 14.2 Å². The van der Waals surface area contributed by atoms with Gasteiger partial charge in [0.1, 0.15) is 17.2 Å². The minimum Gasteiger partial charge on any atom is -0.394 e. The number of rotatable bonds is 9. The zero-order chi connectivity index (χ0) is 30.4. The van der Waals surface area contributed by atoms with Crippen molar-refractivity contribution in [3.8, 4) is 11.5 Å². The molecule has 0 saturated carbocycles. The second kappa shape index (κ2) is 11.1. The van der Waals surface area contributed by atoms with Gasteiger partial charge in [-0.15, -0.1) is 0 Å². The van der Waals surface area contributed by atoms with E-state index in [1.54, 1.807) is 30.1 Å². The molecule has 3 aliphatic rings. The summed E-state index contributed by atoms with van der Waals surface area (Å²) in [6.07, 6.45) is 4.68. The van der Waals surface area contributed by atoms with Crippen LogP contribution < -0.4 is 16.2 Å². The number of aliphatic hydroxyl groups is 1. The minimum atomic E-state index is -0.444. The van der Waals surface area contributed by atoms with Crippen LogP contribution in [0.15, 0.2) is 58.0 Å². The second-order valence-electron chi connectivity index (χ2n) is 12.0. The molecule has 0 aliphatic carbocycles. The first-order valence-corrected chi connectivity index (χ1v) is 15.1. The lowest BCUT2D eigenvalue weighted by atomic mass is 9.71. The SMILES string of the molecule is CC(C)n1c2nc(Nc3ncc(-c4nc(C56CCN(CC5)CC6)no4)c(N[C@H](CO)c4ccccc4)n3)ccc2c(=O)n1C. The standard InChI is InChI=1S/C31H36N10O3/c1-19(2)41-26-21(28(43)39(41)3)9-10-24(34-26)35-30-32-17-22(25(36-30)33-23(18-42)20-7-5-4-6-8-20)27-37-29(38-44-27)31-11-14-40(15-12-31)16-13-31/h4-10,17,19,23,42H,11-16,18H2,1-3H3,(H2,32,33,34,35,36)/t23-/m1/s1. The summed E-state index contributed by atoms with van der Waals surface area (Å²) in [4.78, 5) is 34.2. The van der Waals surface area contributed by atoms with E-state index in [0.29, 0.717) is 34.1 Å². The molecule has 228 valence electrons. The number of hydrogen-bond donors (Lipinski definition) is 3. The van der Waals surface area contributed by atoms with Crippen LogP contribution in [0.2, 0.25) is 0 Å². The van der Waals surface area contributed by atoms with Crippen molar-refractivity contribution in [1.29, 1.82) is 0 Å². The Labute approximate surface area is 253 Å². The molecule has 1 atom stereocenters. The smallest absolute Gasteiger partial charge is 0.275 e. The van der Waals surface area contributed by atoms with Gasteiger partial charge in [0.15, 0.2) is 11.5 Å². The van der Waals surface area contributed by atoms with Crippen LogP contribution >= 0.6 is 0 Å². The molecule has 3 saturated heterocycles. The van der Waals surface area contributed by atoms with E-state index in [0.717, 1.165) is 50.3 Å². The maximum atomic E-state index is 12.7. The molecule has 3 fully saturated rings. The third-order valence-electron chi connectivity index (χ3n) is 9.00. The molecule has 13 heteroatoms. The second-order valence-corrected chi connectivity index (χ2v) is 12.0. The normalized spacial score (nSPS) is 20.3. The van der Waals surface area contributed by atoms with Crippen LogP contribution in [0.1, 0.15) is 56.6 Å². The molecule has 1 aromatic carbocycles. The van der Waals surface area contributed by atoms with Crippen molar-refractivity contribution in [3.05, 3.63) is 70.4 Å². The summed E-state index contributed by atoms with van der Waals surface area (Å²) in [5.41, 5.74) is 1.84. The van der Waals surface area contributed by atoms with Gasteiger partial charge in [0.25, 0.3) is 11.4 Å². The van der Waals surface area contributed by atoms with E-state index < -0.39 is 6.04 Å². The van der Waals surface area contributed by atoms with E-state index in [2.05, 4.69) is 25.7 Å². The molecule has 3 N–H and O–H groups in total. The van der Waals surface area contributed by atoms with Crippen molar-refractivity contribution >= 4 is 28.6 Å². The van der Waals surface area contributed by atoms with Crippen molar-refractivity contribution in [1.82, 2.24) is 39.4 Å². The third kappa shape index (κ3) is 4.91. The highest BCUT2D eigenvalue weighted by Crippen LogP contribution is 2.42. The molecule has 0 spiro atoms. The maximum absolute atomic E-state index is 12.7. The summed E-state index contributed by atoms with van der Waals surface area (Å²) < 4.78 is 9.27. The summed E-state index contributed by atoms with van der Waals surface area (Å²) in [7, 11) is 1.74. The Kier molecular flexibility index (Phi) is 7.13. The van der Waals surface area contributed by atoms with Crippen LogP contribution in [0.4, 0.5) is 17.6 Å². The highest BCUT2D eigenvalue weighted by Gasteiger charge is 2.44. The first-order chi connectivity index (χ1) is 21.3. The molecular weight excluding hydrogens is 560 g/mol. The molecule has 44 heavy (non-hydrogen) atoms. The lowest BCUT2D eigenvalue weighted by molar-refractivity contribution is 0.0747. The number of fused-ring (bicyclic) bond motifs is 4. The molecule has 7 heterocycles. The number of hydrogen-bond acceptors (Lipinski definition) is 11. The van der Waals surface area contributed by atoms with Crippen molar-refractivity contribution in [2.24, 2.45) is 7.05 Å². The van der Waals surface area contributed by atoms with Crippen LogP contribution in [0.25, 0.3) is 22.5 Å². The Bertz CT molecular complexity index is 1840. The first-order valence-electron chi connectivity index (χ1n) is 15.1. The number of aliphatic hydroxyl groups excluding tert-OH is 1. The Morgan fingerprint density at radius 1 is 1.02 bits per heavy atom. The van der Waals surface area contributed by atoms with E-state index >= 15 is 0 Å². The fourth-order valence-corrected chi connectivity index (χ4v) is 6.48. The highest BCUT2D eigenvalue weighted by atomic mass is 16.5. The van der Waals surface area contributed by atoms with Crippen molar-refractivity contribution in [3.63, 3.8) is 0 Å². The van der Waals surface area contributed by atoms with Gasteiger partial charge in [-0.1, -0.05) is 35.5 Å². The fourth-order valence-electron chi connectivity index (χ4n) is 6.48. The molecule has 3 aliphatic heterocycles. The Morgan fingerprint density at radius 3 is 2.48 bits per heavy atom. The molecule has 0 radical (unpaired) electrons. The zero-order valence-corrected chi connectivity index (χ0v) is 25.1. The van der Waals surface area contributed by atoms with Gasteiger partial charge in [-0.2, -0.15) is 9.97 Å². The first kappa shape index (κ1) is 28.2. The molecule has 0 unspecified atom stereocenters. The number of aromatic nitrogens is 7. The Morgan fingerprint density at radius 2 is 1.77 bits per heavy atom. The molecular formula is C31H36N10O3. The van der Waals surface area contributed by atoms with Crippen molar-refractivity contribution in [2.45, 2.75) is 50.6 Å². The molecule has 8 rings (SSSR count). The summed E-state index contributed by atoms with van der Waals surface area (Å²) in [5.74, 6) is 2.25. The van der Waals surface area contributed by atoms with Gasteiger partial charge in [-0.05, 0) is 70.4 Å². The number of nitrogens with zero attached hydrogens (tertiary/aromatic N) is 8. The van der Waals surface area contributed by atoms with Gasteiger partial charge < -0.3 is 25.2 Å². The zero-order valence-electron chi connectivity index (χ0n) is 25.1. The van der Waals surface area contributed by atoms with Gasteiger partial charge in [0.2, 0.25) is 5.95 Å².